The molecule has 7 nitrogen and oxygen atoms in total. The van der Waals surface area contributed by atoms with Crippen molar-refractivity contribution in [1.29, 1.82) is 0 Å². The summed E-state index contributed by atoms with van der Waals surface area (Å²) in [7, 11) is -3.91. The molecule has 0 unspecified atom stereocenters. The quantitative estimate of drug-likeness (QED) is 0.363. The molecule has 0 saturated heterocycles. The fourth-order valence-corrected chi connectivity index (χ4v) is 4.90. The minimum Gasteiger partial charge on any atom is -0.354 e. The van der Waals surface area contributed by atoms with E-state index in [9.17, 15) is 18.0 Å². The summed E-state index contributed by atoms with van der Waals surface area (Å²) in [4.78, 5) is 28.0. The van der Waals surface area contributed by atoms with Crippen molar-refractivity contribution in [3.05, 3.63) is 63.1 Å². The van der Waals surface area contributed by atoms with Crippen molar-refractivity contribution in [2.45, 2.75) is 45.7 Å². The van der Waals surface area contributed by atoms with Crippen LogP contribution in [0.15, 0.2) is 42.5 Å². The highest BCUT2D eigenvalue weighted by Crippen LogP contribution is 2.31. The summed E-state index contributed by atoms with van der Waals surface area (Å²) in [5.41, 5.74) is 0.830. The lowest BCUT2D eigenvalue weighted by atomic mass is 10.1. The van der Waals surface area contributed by atoms with E-state index in [1.54, 1.807) is 31.2 Å². The number of nitrogens with one attached hydrogen (secondary N) is 1. The lowest BCUT2D eigenvalue weighted by Crippen LogP contribution is -2.52. The first-order chi connectivity index (χ1) is 16.5. The van der Waals surface area contributed by atoms with E-state index in [-0.39, 0.29) is 28.2 Å². The number of hydrogen-bond donors (Lipinski definition) is 1. The van der Waals surface area contributed by atoms with Gasteiger partial charge in [-0.3, -0.25) is 13.9 Å². The molecule has 0 aromatic heterocycles. The summed E-state index contributed by atoms with van der Waals surface area (Å²) in [6, 6.07) is 10.5. The van der Waals surface area contributed by atoms with E-state index in [2.05, 4.69) is 5.32 Å². The van der Waals surface area contributed by atoms with Crippen LogP contribution >= 0.6 is 34.8 Å². The fourth-order valence-electron chi connectivity index (χ4n) is 3.48. The van der Waals surface area contributed by atoms with Gasteiger partial charge in [-0.05, 0) is 48.7 Å². The number of carbonyl (C=O) groups is 2. The Hall–Kier alpha value is -2.00. The highest BCUT2D eigenvalue weighted by molar-refractivity contribution is 7.92. The van der Waals surface area contributed by atoms with Gasteiger partial charge in [0.2, 0.25) is 21.8 Å². The molecule has 1 N–H and O–H groups in total. The fraction of sp³-hybridized carbons (Fsp3) is 0.417. The lowest BCUT2D eigenvalue weighted by Gasteiger charge is -2.33. The molecule has 0 radical (unpaired) electrons. The molecular weight excluding hydrogens is 533 g/mol. The van der Waals surface area contributed by atoms with Crippen molar-refractivity contribution >= 4 is 62.3 Å². The molecule has 0 spiro atoms. The maximum Gasteiger partial charge on any atom is 0.244 e. The third-order valence-electron chi connectivity index (χ3n) is 5.34. The van der Waals surface area contributed by atoms with E-state index >= 15 is 0 Å². The molecule has 0 heterocycles. The summed E-state index contributed by atoms with van der Waals surface area (Å²) >= 11 is 18.3. The van der Waals surface area contributed by atoms with E-state index in [0.29, 0.717) is 18.0 Å². The number of benzene rings is 2. The Morgan fingerprint density at radius 2 is 1.63 bits per heavy atom. The summed E-state index contributed by atoms with van der Waals surface area (Å²) < 4.78 is 26.2. The first kappa shape index (κ1) is 29.2. The smallest absolute Gasteiger partial charge is 0.244 e. The van der Waals surface area contributed by atoms with Crippen molar-refractivity contribution in [3.63, 3.8) is 0 Å². The minimum absolute atomic E-state index is 0.0851. The van der Waals surface area contributed by atoms with Crippen LogP contribution in [0.4, 0.5) is 5.69 Å². The summed E-state index contributed by atoms with van der Waals surface area (Å²) in [5.74, 6) is -0.853. The zero-order chi connectivity index (χ0) is 26.2. The van der Waals surface area contributed by atoms with Gasteiger partial charge in [0.05, 0.1) is 17.0 Å². The molecule has 0 fully saturated rings. The van der Waals surface area contributed by atoms with Crippen LogP contribution in [-0.4, -0.2) is 50.5 Å². The number of sulfonamides is 1. The van der Waals surface area contributed by atoms with Gasteiger partial charge in [0.1, 0.15) is 12.6 Å². The topological polar surface area (TPSA) is 86.8 Å². The minimum atomic E-state index is -3.91. The van der Waals surface area contributed by atoms with E-state index in [4.69, 9.17) is 34.8 Å². The largest absolute Gasteiger partial charge is 0.354 e. The number of halogens is 3. The molecule has 2 rings (SSSR count). The molecule has 192 valence electrons. The Bertz CT molecular complexity index is 1130. The van der Waals surface area contributed by atoms with Gasteiger partial charge in [-0.25, -0.2) is 8.42 Å². The van der Waals surface area contributed by atoms with E-state index < -0.39 is 28.5 Å². The number of unbranched alkanes of at least 4 members (excludes halogenated alkanes) is 1. The predicted octanol–water partition coefficient (Wildman–Crippen LogP) is 5.14. The molecule has 2 aromatic rings. The number of amides is 2. The van der Waals surface area contributed by atoms with Crippen LogP contribution in [0.1, 0.15) is 38.7 Å². The lowest BCUT2D eigenvalue weighted by molar-refractivity contribution is -0.140. The molecule has 0 aliphatic heterocycles. The molecular formula is C24H30Cl3N3O4S. The van der Waals surface area contributed by atoms with Gasteiger partial charge in [0, 0.05) is 23.1 Å². The first-order valence-corrected chi connectivity index (χ1v) is 14.2. The van der Waals surface area contributed by atoms with Crippen molar-refractivity contribution in [3.8, 4) is 0 Å². The summed E-state index contributed by atoms with van der Waals surface area (Å²) in [5, 5.41) is 3.80. The Kier molecular flexibility index (Phi) is 11.1. The zero-order valence-corrected chi connectivity index (χ0v) is 23.0. The van der Waals surface area contributed by atoms with Crippen molar-refractivity contribution in [1.82, 2.24) is 10.2 Å². The van der Waals surface area contributed by atoms with Gasteiger partial charge >= 0.3 is 0 Å². The Morgan fingerprint density at radius 3 is 2.20 bits per heavy atom. The standard InChI is InChI=1S/C24H30Cl3N3O4S/c1-4-6-13-28-24(32)21(5-2)29(15-17-7-9-18(25)10-8-17)23(31)16-30(35(3,33)34)22-14-19(26)11-12-20(22)27/h7-12,14,21H,4-6,13,15-16H2,1-3H3,(H,28,32)/t21-/m0/s1. The molecule has 0 aliphatic rings. The molecule has 0 bridgehead atoms. The van der Waals surface area contributed by atoms with Gasteiger partial charge in [-0.15, -0.1) is 0 Å². The summed E-state index contributed by atoms with van der Waals surface area (Å²) in [6.07, 6.45) is 3.04. The van der Waals surface area contributed by atoms with Gasteiger partial charge in [0.25, 0.3) is 0 Å². The second-order valence-corrected chi connectivity index (χ2v) is 11.3. The number of anilines is 1. The maximum absolute atomic E-state index is 13.6. The Labute approximate surface area is 222 Å². The van der Waals surface area contributed by atoms with Crippen LogP contribution in [0.5, 0.6) is 0 Å². The maximum atomic E-state index is 13.6. The third-order valence-corrected chi connectivity index (χ3v) is 7.27. The first-order valence-electron chi connectivity index (χ1n) is 11.2. The molecule has 11 heteroatoms. The van der Waals surface area contributed by atoms with E-state index in [1.165, 1.54) is 23.1 Å². The monoisotopic (exact) mass is 561 g/mol. The van der Waals surface area contributed by atoms with Crippen LogP contribution in [0.3, 0.4) is 0 Å². The van der Waals surface area contributed by atoms with Crippen molar-refractivity contribution in [2.24, 2.45) is 0 Å². The molecule has 0 aliphatic carbocycles. The zero-order valence-electron chi connectivity index (χ0n) is 19.9. The molecule has 2 amide bonds. The number of rotatable bonds is 12. The van der Waals surface area contributed by atoms with Crippen LogP contribution in [0, 0.1) is 0 Å². The molecule has 1 atom stereocenters. The van der Waals surface area contributed by atoms with Crippen molar-refractivity contribution in [2.75, 3.05) is 23.7 Å². The second-order valence-electron chi connectivity index (χ2n) is 8.08. The number of nitrogens with zero attached hydrogens (tertiary/aromatic N) is 2. The average molecular weight is 563 g/mol. The van der Waals surface area contributed by atoms with Crippen LogP contribution in [0.2, 0.25) is 15.1 Å². The summed E-state index contributed by atoms with van der Waals surface area (Å²) in [6.45, 7) is 3.85. The van der Waals surface area contributed by atoms with Gasteiger partial charge in [0.15, 0.2) is 0 Å². The van der Waals surface area contributed by atoms with Gasteiger partial charge in [-0.2, -0.15) is 0 Å². The molecule has 0 saturated carbocycles. The average Bonchev–Trinajstić information content (AvgIpc) is 2.79. The normalized spacial score (nSPS) is 12.2. The second kappa shape index (κ2) is 13.3. The van der Waals surface area contributed by atoms with Crippen LogP contribution in [0.25, 0.3) is 0 Å². The van der Waals surface area contributed by atoms with Crippen LogP contribution < -0.4 is 9.62 Å². The van der Waals surface area contributed by atoms with E-state index in [0.717, 1.165) is 29.0 Å². The Morgan fingerprint density at radius 1 is 1.00 bits per heavy atom. The van der Waals surface area contributed by atoms with Gasteiger partial charge < -0.3 is 10.2 Å². The predicted molar refractivity (Wildman–Crippen MR) is 143 cm³/mol. The van der Waals surface area contributed by atoms with Crippen molar-refractivity contribution < 1.29 is 18.0 Å². The number of hydrogen-bond acceptors (Lipinski definition) is 4. The Balaban J connectivity index is 2.43. The van der Waals surface area contributed by atoms with E-state index in [1.807, 2.05) is 6.92 Å². The molecule has 35 heavy (non-hydrogen) atoms. The highest BCUT2D eigenvalue weighted by atomic mass is 35.5. The highest BCUT2D eigenvalue weighted by Gasteiger charge is 2.32. The SMILES string of the molecule is CCCCNC(=O)[C@H](CC)N(Cc1ccc(Cl)cc1)C(=O)CN(c1cc(Cl)ccc1Cl)S(C)(=O)=O. The third kappa shape index (κ3) is 8.56. The number of carbonyl (C=O) groups excluding carboxylic acids is 2. The van der Waals surface area contributed by atoms with Crippen LogP contribution in [-0.2, 0) is 26.2 Å². The van der Waals surface area contributed by atoms with Gasteiger partial charge in [-0.1, -0.05) is 67.2 Å². The molecule has 2 aromatic carbocycles.